The maximum absolute atomic E-state index is 12.9. The number of likely N-dealkylation sites (N-methyl/N-ethyl adjacent to an activating group) is 1. The molecule has 0 aliphatic carbocycles. The minimum absolute atomic E-state index is 0.0137. The highest BCUT2D eigenvalue weighted by Crippen LogP contribution is 2.20. The predicted molar refractivity (Wildman–Crippen MR) is 112 cm³/mol. The normalized spacial score (nSPS) is 14.2. The Morgan fingerprint density at radius 1 is 1.03 bits per heavy atom. The van der Waals surface area contributed by atoms with Crippen LogP contribution in [0.25, 0.3) is 0 Å². The van der Waals surface area contributed by atoms with Gasteiger partial charge in [0.1, 0.15) is 5.75 Å². The summed E-state index contributed by atoms with van der Waals surface area (Å²) < 4.78 is 5.78. The third-order valence-electron chi connectivity index (χ3n) is 5.26. The molecule has 1 aromatic carbocycles. The van der Waals surface area contributed by atoms with E-state index >= 15 is 0 Å². The van der Waals surface area contributed by atoms with Crippen LogP contribution in [0.4, 0.5) is 0 Å². The van der Waals surface area contributed by atoms with E-state index in [9.17, 15) is 9.59 Å². The predicted octanol–water partition coefficient (Wildman–Crippen LogP) is 3.18. The van der Waals surface area contributed by atoms with E-state index in [0.717, 1.165) is 37.9 Å². The molecule has 154 valence electrons. The van der Waals surface area contributed by atoms with Gasteiger partial charge in [-0.05, 0) is 49.1 Å². The number of ether oxygens (including phenoxy) is 1. The first-order valence-corrected chi connectivity index (χ1v) is 10.3. The summed E-state index contributed by atoms with van der Waals surface area (Å²) in [7, 11) is 1.78. The molecule has 1 aliphatic rings. The van der Waals surface area contributed by atoms with Gasteiger partial charge in [0.2, 0.25) is 0 Å². The number of nitrogens with zero attached hydrogens (tertiary/aromatic N) is 3. The quantitative estimate of drug-likeness (QED) is 0.722. The highest BCUT2D eigenvalue weighted by Gasteiger charge is 2.19. The molecular formula is C23H29N3O3. The minimum atomic E-state index is -0.114. The first-order valence-electron chi connectivity index (χ1n) is 10.3. The van der Waals surface area contributed by atoms with Crippen LogP contribution >= 0.6 is 0 Å². The van der Waals surface area contributed by atoms with Gasteiger partial charge in [-0.3, -0.25) is 14.6 Å². The molecule has 1 aliphatic heterocycles. The van der Waals surface area contributed by atoms with E-state index in [4.69, 9.17) is 4.74 Å². The molecule has 6 heteroatoms. The van der Waals surface area contributed by atoms with Gasteiger partial charge in [-0.25, -0.2) is 0 Å². The summed E-state index contributed by atoms with van der Waals surface area (Å²) in [5.74, 6) is 0.327. The smallest absolute Gasteiger partial charge is 0.260 e. The highest BCUT2D eigenvalue weighted by molar-refractivity contribution is 5.96. The Labute approximate surface area is 172 Å². The second-order valence-corrected chi connectivity index (χ2v) is 7.41. The van der Waals surface area contributed by atoms with Crippen LogP contribution < -0.4 is 4.74 Å². The zero-order chi connectivity index (χ0) is 20.5. The van der Waals surface area contributed by atoms with Crippen LogP contribution in [0.2, 0.25) is 0 Å². The number of rotatable bonds is 7. The number of likely N-dealkylation sites (tertiary alicyclic amines) is 1. The Bertz CT molecular complexity index is 802. The summed E-state index contributed by atoms with van der Waals surface area (Å²) in [6.07, 6.45) is 8.69. The summed E-state index contributed by atoms with van der Waals surface area (Å²) in [4.78, 5) is 33.0. The Morgan fingerprint density at radius 2 is 1.72 bits per heavy atom. The molecule has 6 nitrogen and oxygen atoms in total. The van der Waals surface area contributed by atoms with Crippen molar-refractivity contribution in [2.45, 2.75) is 32.1 Å². The molecule has 2 heterocycles. The molecule has 0 N–H and O–H groups in total. The van der Waals surface area contributed by atoms with Crippen LogP contribution in [0.5, 0.6) is 5.75 Å². The van der Waals surface area contributed by atoms with E-state index in [1.54, 1.807) is 36.5 Å². The topological polar surface area (TPSA) is 62.7 Å². The summed E-state index contributed by atoms with van der Waals surface area (Å²) in [6, 6.07) is 11.0. The zero-order valence-corrected chi connectivity index (χ0v) is 17.0. The van der Waals surface area contributed by atoms with Crippen molar-refractivity contribution in [1.29, 1.82) is 0 Å². The fourth-order valence-corrected chi connectivity index (χ4v) is 3.47. The van der Waals surface area contributed by atoms with E-state index in [1.165, 1.54) is 12.8 Å². The average Bonchev–Trinajstić information content (AvgIpc) is 3.06. The largest absolute Gasteiger partial charge is 0.483 e. The number of aromatic nitrogens is 1. The summed E-state index contributed by atoms with van der Waals surface area (Å²) in [6.45, 7) is 2.13. The highest BCUT2D eigenvalue weighted by atomic mass is 16.5. The van der Waals surface area contributed by atoms with Crippen molar-refractivity contribution in [2.75, 3.05) is 33.3 Å². The van der Waals surface area contributed by atoms with Crippen molar-refractivity contribution in [3.8, 4) is 5.75 Å². The fraction of sp³-hybridized carbons (Fsp3) is 0.435. The lowest BCUT2D eigenvalue weighted by Crippen LogP contribution is -2.36. The standard InChI is InChI=1S/C23H29N3O3/c1-25(17-12-19-10-13-24-14-11-19)23(28)20-8-4-5-9-21(20)29-18-22(27)26-15-6-2-3-7-16-26/h4-5,8-11,13-14H,2-3,6-7,12,15-18H2,1H3. The van der Waals surface area contributed by atoms with Gasteiger partial charge in [0.15, 0.2) is 6.61 Å². The number of amides is 2. The third-order valence-corrected chi connectivity index (χ3v) is 5.26. The molecule has 0 atom stereocenters. The maximum atomic E-state index is 12.9. The lowest BCUT2D eigenvalue weighted by atomic mass is 10.1. The van der Waals surface area contributed by atoms with Crippen molar-refractivity contribution in [2.24, 2.45) is 0 Å². The van der Waals surface area contributed by atoms with Gasteiger partial charge < -0.3 is 14.5 Å². The van der Waals surface area contributed by atoms with Crippen molar-refractivity contribution in [3.63, 3.8) is 0 Å². The van der Waals surface area contributed by atoms with Gasteiger partial charge in [0.05, 0.1) is 5.56 Å². The fourth-order valence-electron chi connectivity index (χ4n) is 3.47. The SMILES string of the molecule is CN(CCc1ccncc1)C(=O)c1ccccc1OCC(=O)N1CCCCCC1. The average molecular weight is 396 g/mol. The summed E-state index contributed by atoms with van der Waals surface area (Å²) in [5, 5.41) is 0. The third kappa shape index (κ3) is 6.04. The molecule has 1 saturated heterocycles. The van der Waals surface area contributed by atoms with Gasteiger partial charge in [0.25, 0.3) is 11.8 Å². The Morgan fingerprint density at radius 3 is 2.45 bits per heavy atom. The van der Waals surface area contributed by atoms with Crippen LogP contribution in [0, 0.1) is 0 Å². The molecule has 0 radical (unpaired) electrons. The molecule has 2 amide bonds. The lowest BCUT2D eigenvalue weighted by Gasteiger charge is -2.22. The molecule has 2 aromatic rings. The van der Waals surface area contributed by atoms with Gasteiger partial charge in [-0.15, -0.1) is 0 Å². The number of hydrogen-bond acceptors (Lipinski definition) is 4. The number of pyridine rings is 1. The molecule has 1 aromatic heterocycles. The summed E-state index contributed by atoms with van der Waals surface area (Å²) >= 11 is 0. The lowest BCUT2D eigenvalue weighted by molar-refractivity contribution is -0.133. The van der Waals surface area contributed by atoms with E-state index in [1.807, 2.05) is 29.2 Å². The second-order valence-electron chi connectivity index (χ2n) is 7.41. The Kier molecular flexibility index (Phi) is 7.61. The molecular weight excluding hydrogens is 366 g/mol. The first kappa shape index (κ1) is 20.8. The Hall–Kier alpha value is -2.89. The molecule has 1 fully saturated rings. The van der Waals surface area contributed by atoms with Gasteiger partial charge >= 0.3 is 0 Å². The second kappa shape index (κ2) is 10.6. The van der Waals surface area contributed by atoms with E-state index in [-0.39, 0.29) is 18.4 Å². The molecule has 3 rings (SSSR count). The van der Waals surface area contributed by atoms with Gasteiger partial charge in [-0.1, -0.05) is 25.0 Å². The molecule has 0 saturated carbocycles. The van der Waals surface area contributed by atoms with Crippen molar-refractivity contribution >= 4 is 11.8 Å². The molecule has 0 unspecified atom stereocenters. The van der Waals surface area contributed by atoms with Gasteiger partial charge in [-0.2, -0.15) is 0 Å². The van der Waals surface area contributed by atoms with Crippen LogP contribution in [0.15, 0.2) is 48.8 Å². The van der Waals surface area contributed by atoms with E-state index in [2.05, 4.69) is 4.98 Å². The number of para-hydroxylation sites is 1. The van der Waals surface area contributed by atoms with Gasteiger partial charge in [0, 0.05) is 39.1 Å². The van der Waals surface area contributed by atoms with E-state index < -0.39 is 0 Å². The minimum Gasteiger partial charge on any atom is -0.483 e. The monoisotopic (exact) mass is 395 g/mol. The summed E-state index contributed by atoms with van der Waals surface area (Å²) in [5.41, 5.74) is 1.61. The van der Waals surface area contributed by atoms with Crippen LogP contribution in [0.1, 0.15) is 41.6 Å². The Balaban J connectivity index is 1.58. The number of carbonyl (C=O) groups excluding carboxylic acids is 2. The van der Waals surface area contributed by atoms with Crippen LogP contribution in [0.3, 0.4) is 0 Å². The first-order chi connectivity index (χ1) is 14.1. The number of hydrogen-bond donors (Lipinski definition) is 0. The number of carbonyl (C=O) groups is 2. The zero-order valence-electron chi connectivity index (χ0n) is 17.0. The molecule has 0 spiro atoms. The molecule has 29 heavy (non-hydrogen) atoms. The molecule has 0 bridgehead atoms. The van der Waals surface area contributed by atoms with Crippen molar-refractivity contribution in [1.82, 2.24) is 14.8 Å². The van der Waals surface area contributed by atoms with Crippen LogP contribution in [-0.4, -0.2) is 59.9 Å². The maximum Gasteiger partial charge on any atom is 0.260 e. The van der Waals surface area contributed by atoms with Crippen LogP contribution in [-0.2, 0) is 11.2 Å². The van der Waals surface area contributed by atoms with Crippen molar-refractivity contribution < 1.29 is 14.3 Å². The van der Waals surface area contributed by atoms with Crippen molar-refractivity contribution in [3.05, 3.63) is 59.9 Å². The number of benzene rings is 1. The van der Waals surface area contributed by atoms with E-state index in [0.29, 0.717) is 17.9 Å².